The monoisotopic (exact) mass is 296 g/mol. The molecule has 1 aromatic rings. The van der Waals surface area contributed by atoms with Crippen LogP contribution in [0.15, 0.2) is 29.4 Å². The van der Waals surface area contributed by atoms with Gasteiger partial charge in [-0.15, -0.1) is 0 Å². The van der Waals surface area contributed by atoms with Crippen LogP contribution >= 0.6 is 11.6 Å². The van der Waals surface area contributed by atoms with Crippen LogP contribution in [0.5, 0.6) is 0 Å². The molecule has 1 aliphatic heterocycles. The highest BCUT2D eigenvalue weighted by molar-refractivity contribution is 6.38. The number of hydrogen-bond donors (Lipinski definition) is 1. The minimum absolute atomic E-state index is 0.000675. The predicted octanol–water partition coefficient (Wildman–Crippen LogP) is 1.92. The van der Waals surface area contributed by atoms with E-state index < -0.39 is 18.0 Å². The van der Waals surface area contributed by atoms with Gasteiger partial charge in [0, 0.05) is 11.4 Å². The first-order chi connectivity index (χ1) is 9.52. The maximum atomic E-state index is 11.7. The summed E-state index contributed by atoms with van der Waals surface area (Å²) < 4.78 is 4.85. The van der Waals surface area contributed by atoms with Crippen LogP contribution in [-0.4, -0.2) is 35.4 Å². The number of benzene rings is 1. The lowest BCUT2D eigenvalue weighted by Crippen LogP contribution is -2.34. The van der Waals surface area contributed by atoms with Crippen molar-refractivity contribution in [1.82, 2.24) is 0 Å². The van der Waals surface area contributed by atoms with E-state index in [0.717, 1.165) is 0 Å². The molecule has 106 valence electrons. The van der Waals surface area contributed by atoms with Gasteiger partial charge in [-0.2, -0.15) is 5.10 Å². The molecule has 0 bridgehead atoms. The summed E-state index contributed by atoms with van der Waals surface area (Å²) >= 11 is 5.89. The molecule has 0 fully saturated rings. The number of halogens is 1. The number of hydrogen-bond acceptors (Lipinski definition) is 5. The standard InChI is InChI=1S/C13H13ClN2O4/c1-2-20-13(19)10-7-11(12(17)18)16(15-10)9-5-3-4-8(14)6-9/h3-6,11H,2,7H2,1H3,(H,17,18)/t11-/m1/s1. The van der Waals surface area contributed by atoms with Gasteiger partial charge in [-0.3, -0.25) is 5.01 Å². The molecule has 0 saturated heterocycles. The number of rotatable bonds is 4. The molecule has 0 aromatic heterocycles. The van der Waals surface area contributed by atoms with Gasteiger partial charge in [0.15, 0.2) is 6.04 Å². The highest BCUT2D eigenvalue weighted by atomic mass is 35.5. The maximum absolute atomic E-state index is 11.7. The summed E-state index contributed by atoms with van der Waals surface area (Å²) in [5.74, 6) is -1.66. The number of esters is 1. The van der Waals surface area contributed by atoms with E-state index in [0.29, 0.717) is 10.7 Å². The lowest BCUT2D eigenvalue weighted by atomic mass is 10.1. The molecule has 0 unspecified atom stereocenters. The molecule has 2 rings (SSSR count). The van der Waals surface area contributed by atoms with Crippen molar-refractivity contribution in [2.24, 2.45) is 5.10 Å². The highest BCUT2D eigenvalue weighted by Gasteiger charge is 2.36. The van der Waals surface area contributed by atoms with Gasteiger partial charge in [0.1, 0.15) is 5.71 Å². The zero-order valence-electron chi connectivity index (χ0n) is 10.7. The zero-order valence-corrected chi connectivity index (χ0v) is 11.5. The van der Waals surface area contributed by atoms with Gasteiger partial charge in [-0.05, 0) is 25.1 Å². The number of carbonyl (C=O) groups excluding carboxylic acids is 1. The third kappa shape index (κ3) is 2.91. The second-order valence-corrected chi connectivity index (χ2v) is 4.59. The lowest BCUT2D eigenvalue weighted by Gasteiger charge is -2.19. The molecule has 0 saturated carbocycles. The molecule has 1 aliphatic rings. The summed E-state index contributed by atoms with van der Waals surface area (Å²) in [6.45, 7) is 1.89. The number of carbonyl (C=O) groups is 2. The first-order valence-electron chi connectivity index (χ1n) is 6.05. The topological polar surface area (TPSA) is 79.2 Å². The van der Waals surface area contributed by atoms with Crippen molar-refractivity contribution in [3.05, 3.63) is 29.3 Å². The van der Waals surface area contributed by atoms with E-state index in [-0.39, 0.29) is 18.7 Å². The molecular formula is C13H13ClN2O4. The summed E-state index contributed by atoms with van der Waals surface area (Å²) in [6.07, 6.45) is 0.000675. The SMILES string of the molecule is CCOC(=O)C1=NN(c2cccc(Cl)c2)[C@@H](C(=O)O)C1. The molecule has 0 radical (unpaired) electrons. The van der Waals surface area contributed by atoms with Crippen LogP contribution in [-0.2, 0) is 14.3 Å². The van der Waals surface area contributed by atoms with Gasteiger partial charge in [-0.1, -0.05) is 17.7 Å². The molecule has 1 N–H and O–H groups in total. The van der Waals surface area contributed by atoms with Gasteiger partial charge in [0.05, 0.1) is 12.3 Å². The highest BCUT2D eigenvalue weighted by Crippen LogP contribution is 2.27. The number of ether oxygens (including phenoxy) is 1. The van der Waals surface area contributed by atoms with E-state index in [9.17, 15) is 14.7 Å². The number of aliphatic carboxylic acids is 1. The number of anilines is 1. The van der Waals surface area contributed by atoms with E-state index in [2.05, 4.69) is 5.10 Å². The number of carboxylic acids is 1. The maximum Gasteiger partial charge on any atom is 0.354 e. The number of hydrazone groups is 1. The molecule has 0 aliphatic carbocycles. The summed E-state index contributed by atoms with van der Waals surface area (Å²) in [4.78, 5) is 23.0. The summed E-state index contributed by atoms with van der Waals surface area (Å²) in [5, 5.41) is 15.0. The van der Waals surface area contributed by atoms with Gasteiger partial charge >= 0.3 is 11.9 Å². The second-order valence-electron chi connectivity index (χ2n) is 4.15. The molecule has 6 nitrogen and oxygen atoms in total. The molecule has 20 heavy (non-hydrogen) atoms. The van der Waals surface area contributed by atoms with Crippen LogP contribution in [0, 0.1) is 0 Å². The molecule has 1 atom stereocenters. The van der Waals surface area contributed by atoms with Crippen molar-refractivity contribution in [1.29, 1.82) is 0 Å². The minimum atomic E-state index is -1.06. The van der Waals surface area contributed by atoms with E-state index in [4.69, 9.17) is 16.3 Å². The van der Waals surface area contributed by atoms with E-state index in [1.165, 1.54) is 5.01 Å². The first kappa shape index (κ1) is 14.3. The third-order valence-electron chi connectivity index (χ3n) is 2.78. The van der Waals surface area contributed by atoms with Crippen LogP contribution < -0.4 is 5.01 Å². The fraction of sp³-hybridized carbons (Fsp3) is 0.308. The van der Waals surface area contributed by atoms with Crippen LogP contribution in [0.1, 0.15) is 13.3 Å². The molecular weight excluding hydrogens is 284 g/mol. The van der Waals surface area contributed by atoms with Crippen molar-refractivity contribution < 1.29 is 19.4 Å². The van der Waals surface area contributed by atoms with Crippen molar-refractivity contribution in [2.75, 3.05) is 11.6 Å². The molecule has 0 amide bonds. The van der Waals surface area contributed by atoms with Crippen LogP contribution in [0.25, 0.3) is 0 Å². The first-order valence-corrected chi connectivity index (χ1v) is 6.43. The van der Waals surface area contributed by atoms with E-state index in [1.807, 2.05) is 0 Å². The Labute approximate surface area is 120 Å². The Morgan fingerprint density at radius 3 is 2.90 bits per heavy atom. The largest absolute Gasteiger partial charge is 0.480 e. The van der Waals surface area contributed by atoms with Crippen LogP contribution in [0.3, 0.4) is 0 Å². The van der Waals surface area contributed by atoms with Crippen molar-refractivity contribution >= 4 is 34.9 Å². The molecule has 1 aromatic carbocycles. The Hall–Kier alpha value is -2.08. The van der Waals surface area contributed by atoms with E-state index in [1.54, 1.807) is 31.2 Å². The minimum Gasteiger partial charge on any atom is -0.480 e. The Morgan fingerprint density at radius 2 is 2.30 bits per heavy atom. The van der Waals surface area contributed by atoms with Gasteiger partial charge in [0.2, 0.25) is 0 Å². The summed E-state index contributed by atoms with van der Waals surface area (Å²) in [7, 11) is 0. The van der Waals surface area contributed by atoms with E-state index >= 15 is 0 Å². The second kappa shape index (κ2) is 5.92. The number of nitrogens with zero attached hydrogens (tertiary/aromatic N) is 2. The molecule has 1 heterocycles. The fourth-order valence-corrected chi connectivity index (χ4v) is 2.08. The summed E-state index contributed by atoms with van der Waals surface area (Å²) in [5.41, 5.74) is 0.614. The van der Waals surface area contributed by atoms with Gasteiger partial charge in [0.25, 0.3) is 0 Å². The summed E-state index contributed by atoms with van der Waals surface area (Å²) in [6, 6.07) is 5.70. The Morgan fingerprint density at radius 1 is 1.55 bits per heavy atom. The van der Waals surface area contributed by atoms with Crippen LogP contribution in [0.4, 0.5) is 5.69 Å². The van der Waals surface area contributed by atoms with Gasteiger partial charge in [-0.25, -0.2) is 9.59 Å². The van der Waals surface area contributed by atoms with Gasteiger partial charge < -0.3 is 9.84 Å². The Bertz CT molecular complexity index is 573. The Kier molecular flexibility index (Phi) is 4.24. The van der Waals surface area contributed by atoms with Crippen molar-refractivity contribution in [3.63, 3.8) is 0 Å². The predicted molar refractivity (Wildman–Crippen MR) is 74.0 cm³/mol. The third-order valence-corrected chi connectivity index (χ3v) is 3.01. The van der Waals surface area contributed by atoms with Crippen molar-refractivity contribution in [3.8, 4) is 0 Å². The smallest absolute Gasteiger partial charge is 0.354 e. The van der Waals surface area contributed by atoms with Crippen molar-refractivity contribution in [2.45, 2.75) is 19.4 Å². The average molecular weight is 297 g/mol. The number of carboxylic acid groups (broad SMARTS) is 1. The molecule has 7 heteroatoms. The average Bonchev–Trinajstić information content (AvgIpc) is 2.84. The molecule has 0 spiro atoms. The Balaban J connectivity index is 2.32. The quantitative estimate of drug-likeness (QED) is 0.859. The zero-order chi connectivity index (χ0) is 14.7. The van der Waals surface area contributed by atoms with Crippen LogP contribution in [0.2, 0.25) is 5.02 Å². The normalized spacial score (nSPS) is 17.8. The lowest BCUT2D eigenvalue weighted by molar-refractivity contribution is -0.138. The fourth-order valence-electron chi connectivity index (χ4n) is 1.90.